The maximum Gasteiger partial charge on any atom is 0.514 e. The zero-order valence-electron chi connectivity index (χ0n) is 12.3. The summed E-state index contributed by atoms with van der Waals surface area (Å²) in [5.74, 6) is -5.17. The summed E-state index contributed by atoms with van der Waals surface area (Å²) in [5, 5.41) is -0.265. The van der Waals surface area contributed by atoms with Gasteiger partial charge in [-0.2, -0.15) is 0 Å². The van der Waals surface area contributed by atoms with Crippen molar-refractivity contribution in [2.75, 3.05) is 20.0 Å². The summed E-state index contributed by atoms with van der Waals surface area (Å²) in [6.45, 7) is 0. The standard InChI is InChI=1S/C14H10ClF3N2O4/c1-22-12-6(17)3-5(16)9(11(12)18)8-4-7(19)10(15)13(20-8)24-14(21)23-2/h3-4H,1-2H3,(H2,19,20). The molecule has 2 N–H and O–H groups in total. The molecule has 1 aromatic carbocycles. The first kappa shape index (κ1) is 17.7. The van der Waals surface area contributed by atoms with Crippen molar-refractivity contribution >= 4 is 23.4 Å². The van der Waals surface area contributed by atoms with Crippen molar-refractivity contribution in [1.82, 2.24) is 4.98 Å². The number of nitrogens with two attached hydrogens (primary N) is 1. The van der Waals surface area contributed by atoms with Crippen molar-refractivity contribution in [1.29, 1.82) is 0 Å². The van der Waals surface area contributed by atoms with Crippen molar-refractivity contribution in [3.8, 4) is 22.9 Å². The van der Waals surface area contributed by atoms with Gasteiger partial charge in [0.15, 0.2) is 17.4 Å². The fourth-order valence-electron chi connectivity index (χ4n) is 1.84. The normalized spacial score (nSPS) is 10.4. The van der Waals surface area contributed by atoms with Gasteiger partial charge in [-0.25, -0.2) is 22.9 Å². The number of pyridine rings is 1. The van der Waals surface area contributed by atoms with E-state index in [1.165, 1.54) is 0 Å². The number of hydrogen-bond acceptors (Lipinski definition) is 6. The Hall–Kier alpha value is -2.68. The number of benzene rings is 1. The van der Waals surface area contributed by atoms with Gasteiger partial charge in [-0.3, -0.25) is 0 Å². The van der Waals surface area contributed by atoms with Crippen LogP contribution in [0.4, 0.5) is 23.7 Å². The molecule has 0 unspecified atom stereocenters. The van der Waals surface area contributed by atoms with Crippen LogP contribution in [0.5, 0.6) is 11.6 Å². The predicted octanol–water partition coefficient (Wildman–Crippen LogP) is 3.56. The van der Waals surface area contributed by atoms with Gasteiger partial charge in [-0.15, -0.1) is 0 Å². The second kappa shape index (κ2) is 6.83. The smallest absolute Gasteiger partial charge is 0.491 e. The minimum atomic E-state index is -1.34. The van der Waals surface area contributed by atoms with Crippen LogP contribution in [0.3, 0.4) is 0 Å². The number of ether oxygens (including phenoxy) is 3. The van der Waals surface area contributed by atoms with Crippen molar-refractivity contribution in [3.63, 3.8) is 0 Å². The Balaban J connectivity index is 2.68. The largest absolute Gasteiger partial charge is 0.514 e. The van der Waals surface area contributed by atoms with Gasteiger partial charge in [-0.1, -0.05) is 11.6 Å². The molecule has 24 heavy (non-hydrogen) atoms. The first-order valence-electron chi connectivity index (χ1n) is 6.23. The van der Waals surface area contributed by atoms with Crippen LogP contribution >= 0.6 is 11.6 Å². The maximum atomic E-state index is 14.3. The van der Waals surface area contributed by atoms with Gasteiger partial charge >= 0.3 is 6.16 Å². The summed E-state index contributed by atoms with van der Waals surface area (Å²) in [6, 6.07) is 1.45. The van der Waals surface area contributed by atoms with Crippen molar-refractivity contribution < 1.29 is 32.2 Å². The Bertz CT molecular complexity index is 817. The highest BCUT2D eigenvalue weighted by molar-refractivity contribution is 6.34. The number of aromatic nitrogens is 1. The van der Waals surface area contributed by atoms with Crippen LogP contribution in [-0.2, 0) is 4.74 Å². The van der Waals surface area contributed by atoms with Gasteiger partial charge in [0.1, 0.15) is 10.8 Å². The number of hydrogen-bond donors (Lipinski definition) is 1. The van der Waals surface area contributed by atoms with Crippen LogP contribution in [0.1, 0.15) is 0 Å². The summed E-state index contributed by atoms with van der Waals surface area (Å²) < 4.78 is 55.3. The Labute approximate surface area is 138 Å². The molecular formula is C14H10ClF3N2O4. The lowest BCUT2D eigenvalue weighted by molar-refractivity contribution is 0.120. The molecule has 2 aromatic rings. The molecule has 0 aliphatic heterocycles. The molecular weight excluding hydrogens is 353 g/mol. The summed E-state index contributed by atoms with van der Waals surface area (Å²) >= 11 is 5.82. The number of nitrogens with zero attached hydrogens (tertiary/aromatic N) is 1. The molecule has 0 fully saturated rings. The topological polar surface area (TPSA) is 83.7 Å². The summed E-state index contributed by atoms with van der Waals surface area (Å²) in [4.78, 5) is 14.9. The Kier molecular flexibility index (Phi) is 5.03. The minimum absolute atomic E-state index is 0.178. The van der Waals surface area contributed by atoms with E-state index in [1.807, 2.05) is 0 Å². The lowest BCUT2D eigenvalue weighted by Gasteiger charge is -2.12. The molecule has 1 heterocycles. The van der Waals surface area contributed by atoms with E-state index in [-0.39, 0.29) is 16.4 Å². The minimum Gasteiger partial charge on any atom is -0.491 e. The van der Waals surface area contributed by atoms with E-state index in [9.17, 15) is 18.0 Å². The fourth-order valence-corrected chi connectivity index (χ4v) is 1.97. The predicted molar refractivity (Wildman–Crippen MR) is 78.6 cm³/mol. The molecule has 0 atom stereocenters. The van der Waals surface area contributed by atoms with Crippen molar-refractivity contribution in [2.45, 2.75) is 0 Å². The third kappa shape index (κ3) is 3.16. The molecule has 0 aliphatic rings. The molecule has 0 aliphatic carbocycles. The number of carbonyl (C=O) groups is 1. The quantitative estimate of drug-likeness (QED) is 0.841. The summed E-state index contributed by atoms with van der Waals surface area (Å²) in [6.07, 6.45) is -1.17. The molecule has 0 spiro atoms. The third-order valence-corrected chi connectivity index (χ3v) is 3.27. The molecule has 0 saturated carbocycles. The zero-order chi connectivity index (χ0) is 18.0. The Morgan fingerprint density at radius 3 is 2.46 bits per heavy atom. The number of anilines is 1. The SMILES string of the molecule is COC(=O)Oc1nc(-c2c(F)cc(F)c(OC)c2F)cc(N)c1Cl. The van der Waals surface area contributed by atoms with E-state index in [4.69, 9.17) is 17.3 Å². The van der Waals surface area contributed by atoms with Crippen LogP contribution in [0, 0.1) is 17.5 Å². The molecule has 0 amide bonds. The molecule has 2 rings (SSSR count). The average Bonchev–Trinajstić information content (AvgIpc) is 2.51. The van der Waals surface area contributed by atoms with E-state index in [1.54, 1.807) is 0 Å². The van der Waals surface area contributed by atoms with Crippen LogP contribution in [0.25, 0.3) is 11.3 Å². The lowest BCUT2D eigenvalue weighted by Crippen LogP contribution is -2.10. The second-order valence-electron chi connectivity index (χ2n) is 4.33. The van der Waals surface area contributed by atoms with E-state index < -0.39 is 40.8 Å². The summed E-state index contributed by atoms with van der Waals surface area (Å²) in [7, 11) is 2.05. The molecule has 0 saturated heterocycles. The molecule has 6 nitrogen and oxygen atoms in total. The van der Waals surface area contributed by atoms with E-state index >= 15 is 0 Å². The van der Waals surface area contributed by atoms with Crippen molar-refractivity contribution in [2.24, 2.45) is 0 Å². The number of halogens is 4. The fraction of sp³-hybridized carbons (Fsp3) is 0.143. The number of rotatable bonds is 3. The maximum absolute atomic E-state index is 14.3. The van der Waals surface area contributed by atoms with Gasteiger partial charge in [0.05, 0.1) is 31.2 Å². The van der Waals surface area contributed by atoms with Gasteiger partial charge in [0, 0.05) is 6.07 Å². The number of carbonyl (C=O) groups excluding carboxylic acids is 1. The van der Waals surface area contributed by atoms with Crippen LogP contribution < -0.4 is 15.2 Å². The van der Waals surface area contributed by atoms with E-state index in [0.717, 1.165) is 20.3 Å². The molecule has 128 valence electrons. The van der Waals surface area contributed by atoms with E-state index in [2.05, 4.69) is 19.2 Å². The average molecular weight is 363 g/mol. The van der Waals surface area contributed by atoms with Crippen LogP contribution in [0.15, 0.2) is 12.1 Å². The van der Waals surface area contributed by atoms with Gasteiger partial charge in [-0.05, 0) is 6.07 Å². The van der Waals surface area contributed by atoms with Gasteiger partial charge in [0.2, 0.25) is 5.88 Å². The highest BCUT2D eigenvalue weighted by Crippen LogP contribution is 2.37. The first-order chi connectivity index (χ1) is 11.3. The van der Waals surface area contributed by atoms with Crippen LogP contribution in [0.2, 0.25) is 5.02 Å². The Morgan fingerprint density at radius 1 is 1.21 bits per heavy atom. The van der Waals surface area contributed by atoms with E-state index in [0.29, 0.717) is 6.07 Å². The highest BCUT2D eigenvalue weighted by atomic mass is 35.5. The Morgan fingerprint density at radius 2 is 1.88 bits per heavy atom. The molecule has 0 bridgehead atoms. The second-order valence-corrected chi connectivity index (χ2v) is 4.71. The molecule has 1 aromatic heterocycles. The number of nitrogen functional groups attached to an aromatic ring is 1. The highest BCUT2D eigenvalue weighted by Gasteiger charge is 2.24. The van der Waals surface area contributed by atoms with Crippen molar-refractivity contribution in [3.05, 3.63) is 34.6 Å². The lowest BCUT2D eigenvalue weighted by atomic mass is 10.1. The zero-order valence-corrected chi connectivity index (χ0v) is 13.1. The monoisotopic (exact) mass is 362 g/mol. The number of methoxy groups -OCH3 is 2. The van der Waals surface area contributed by atoms with Gasteiger partial charge in [0.25, 0.3) is 0 Å². The third-order valence-electron chi connectivity index (χ3n) is 2.89. The first-order valence-corrected chi connectivity index (χ1v) is 6.61. The molecule has 0 radical (unpaired) electrons. The van der Waals surface area contributed by atoms with Gasteiger partial charge < -0.3 is 19.9 Å². The summed E-state index contributed by atoms with van der Waals surface area (Å²) in [5.41, 5.74) is 4.33. The molecule has 10 heteroatoms. The van der Waals surface area contributed by atoms with Crippen LogP contribution in [-0.4, -0.2) is 25.4 Å².